The molecule has 5 nitrogen and oxygen atoms in total. The van der Waals surface area contributed by atoms with Gasteiger partial charge in [0.2, 0.25) is 5.82 Å². The van der Waals surface area contributed by atoms with Gasteiger partial charge in [0.25, 0.3) is 5.56 Å². The minimum atomic E-state index is -0.0927. The van der Waals surface area contributed by atoms with Gasteiger partial charge in [0.1, 0.15) is 6.07 Å². The van der Waals surface area contributed by atoms with Crippen LogP contribution in [-0.4, -0.2) is 14.5 Å². The van der Waals surface area contributed by atoms with Crippen LogP contribution in [0.1, 0.15) is 28.2 Å². The van der Waals surface area contributed by atoms with Crippen molar-refractivity contribution in [1.82, 2.24) is 14.5 Å². The van der Waals surface area contributed by atoms with Crippen LogP contribution in [0.3, 0.4) is 0 Å². The van der Waals surface area contributed by atoms with Crippen LogP contribution >= 0.6 is 34.4 Å². The van der Waals surface area contributed by atoms with Crippen molar-refractivity contribution in [3.63, 3.8) is 0 Å². The van der Waals surface area contributed by atoms with Crippen LogP contribution < -0.4 is 5.56 Å². The average Bonchev–Trinajstić information content (AvgIpc) is 3.02. The molecule has 0 saturated carbocycles. The van der Waals surface area contributed by atoms with Crippen molar-refractivity contribution >= 4 is 34.4 Å². The van der Waals surface area contributed by atoms with Crippen LogP contribution in [0.25, 0.3) is 0 Å². The lowest BCUT2D eigenvalue weighted by atomic mass is 10.2. The zero-order chi connectivity index (χ0) is 18.8. The molecule has 0 spiro atoms. The molecule has 0 unspecified atom stereocenters. The molecule has 0 aliphatic carbocycles. The molecule has 2 aromatic heterocycles. The summed E-state index contributed by atoms with van der Waals surface area (Å²) in [6.45, 7) is 6.50. The average molecular weight is 476 g/mol. The number of hydrogen-bond acceptors (Lipinski definition) is 4. The minimum absolute atomic E-state index is 0.0927. The second-order valence-corrected chi connectivity index (χ2v) is 8.28. The number of aromatic amines is 1. The fourth-order valence-electron chi connectivity index (χ4n) is 2.83. The molecule has 26 heavy (non-hydrogen) atoms. The van der Waals surface area contributed by atoms with Gasteiger partial charge in [0, 0.05) is 33.4 Å². The van der Waals surface area contributed by atoms with Crippen LogP contribution in [0.4, 0.5) is 0 Å². The predicted molar refractivity (Wildman–Crippen MR) is 111 cm³/mol. The summed E-state index contributed by atoms with van der Waals surface area (Å²) in [7, 11) is 0. The molecule has 1 aromatic carbocycles. The summed E-state index contributed by atoms with van der Waals surface area (Å²) in [6.07, 6.45) is 3.39. The first-order valence-corrected chi connectivity index (χ1v) is 9.87. The maximum Gasteiger partial charge on any atom is 0.262 e. The number of nitriles is 1. The summed E-state index contributed by atoms with van der Waals surface area (Å²) < 4.78 is 2.45. The van der Waals surface area contributed by atoms with E-state index in [2.05, 4.69) is 70.7 Å². The molecule has 0 fully saturated rings. The molecule has 0 aliphatic rings. The van der Waals surface area contributed by atoms with Gasteiger partial charge in [-0.05, 0) is 66.6 Å². The number of imidazole rings is 1. The maximum atomic E-state index is 12.3. The highest BCUT2D eigenvalue weighted by Gasteiger charge is 2.17. The normalized spacial score (nSPS) is 10.7. The number of rotatable bonds is 4. The second-order valence-electron chi connectivity index (χ2n) is 6.12. The lowest BCUT2D eigenvalue weighted by Crippen LogP contribution is -2.17. The summed E-state index contributed by atoms with van der Waals surface area (Å²) in [6, 6.07) is 8.46. The van der Waals surface area contributed by atoms with Crippen molar-refractivity contribution < 1.29 is 0 Å². The lowest BCUT2D eigenvalue weighted by molar-refractivity contribution is 0.753. The van der Waals surface area contributed by atoms with Crippen LogP contribution in [0.5, 0.6) is 0 Å². The van der Waals surface area contributed by atoms with E-state index in [9.17, 15) is 10.1 Å². The number of benzene rings is 1. The molecular formula is C19H17IN4OS. The Bertz CT molecular complexity index is 1060. The van der Waals surface area contributed by atoms with Gasteiger partial charge in [0.05, 0.1) is 10.1 Å². The van der Waals surface area contributed by atoms with E-state index < -0.39 is 0 Å². The number of halogens is 1. The van der Waals surface area contributed by atoms with E-state index in [0.717, 1.165) is 21.0 Å². The first-order chi connectivity index (χ1) is 12.4. The third-order valence-corrected chi connectivity index (χ3v) is 6.51. The Balaban J connectivity index is 2.11. The SMILES string of the molecule is Cc1cc(C)cc(Sc2c(Cn3ccnc3C#N)c(C)[nH]c(=O)c2I)c1. The third-order valence-electron chi connectivity index (χ3n) is 3.99. The number of hydrogen-bond donors (Lipinski definition) is 1. The standard InChI is InChI=1S/C19H17IN4OS/c1-11-6-12(2)8-14(7-11)26-18-15(13(3)23-19(25)17(18)20)10-24-5-4-22-16(24)9-21/h4-8H,10H2,1-3H3,(H,23,25). The van der Waals surface area contributed by atoms with E-state index in [0.29, 0.717) is 15.9 Å². The van der Waals surface area contributed by atoms with Crippen molar-refractivity contribution in [2.45, 2.75) is 37.1 Å². The van der Waals surface area contributed by atoms with E-state index >= 15 is 0 Å². The van der Waals surface area contributed by atoms with Crippen molar-refractivity contribution in [3.8, 4) is 6.07 Å². The molecule has 0 bridgehead atoms. The first kappa shape index (κ1) is 18.7. The smallest absolute Gasteiger partial charge is 0.262 e. The minimum Gasteiger partial charge on any atom is -0.325 e. The molecule has 0 aliphatic heterocycles. The van der Waals surface area contributed by atoms with Crippen LogP contribution in [0.2, 0.25) is 0 Å². The van der Waals surface area contributed by atoms with E-state index in [1.807, 2.05) is 6.92 Å². The zero-order valence-electron chi connectivity index (χ0n) is 14.6. The van der Waals surface area contributed by atoms with E-state index in [1.54, 1.807) is 28.7 Å². The number of nitrogens with one attached hydrogen (secondary N) is 1. The highest BCUT2D eigenvalue weighted by atomic mass is 127. The Labute approximate surface area is 169 Å². The van der Waals surface area contributed by atoms with Crippen molar-refractivity contribution in [1.29, 1.82) is 5.26 Å². The molecule has 132 valence electrons. The van der Waals surface area contributed by atoms with Crippen molar-refractivity contribution in [2.24, 2.45) is 0 Å². The fourth-order valence-corrected chi connectivity index (χ4v) is 4.87. The number of pyridine rings is 1. The van der Waals surface area contributed by atoms with Crippen LogP contribution in [0, 0.1) is 35.7 Å². The van der Waals surface area contributed by atoms with Gasteiger partial charge < -0.3 is 9.55 Å². The second kappa shape index (κ2) is 7.68. The number of nitrogens with zero attached hydrogens (tertiary/aromatic N) is 3. The number of aromatic nitrogens is 3. The zero-order valence-corrected chi connectivity index (χ0v) is 17.6. The molecule has 7 heteroatoms. The molecule has 0 saturated heterocycles. The Kier molecular flexibility index (Phi) is 5.53. The van der Waals surface area contributed by atoms with Crippen molar-refractivity contribution in [2.75, 3.05) is 0 Å². The molecular weight excluding hydrogens is 459 g/mol. The molecule has 1 N–H and O–H groups in total. The van der Waals surface area contributed by atoms with Crippen LogP contribution in [-0.2, 0) is 6.54 Å². The summed E-state index contributed by atoms with van der Waals surface area (Å²) in [5.41, 5.74) is 4.08. The van der Waals surface area contributed by atoms with Crippen LogP contribution in [0.15, 0.2) is 45.2 Å². The quantitative estimate of drug-likeness (QED) is 0.574. The molecule has 0 atom stereocenters. The predicted octanol–water partition coefficient (Wildman–Crippen LogP) is 4.17. The summed E-state index contributed by atoms with van der Waals surface area (Å²) in [4.78, 5) is 21.3. The Hall–Kier alpha value is -2.05. The largest absolute Gasteiger partial charge is 0.325 e. The van der Waals surface area contributed by atoms with Gasteiger partial charge in [-0.15, -0.1) is 0 Å². The topological polar surface area (TPSA) is 74.5 Å². The van der Waals surface area contributed by atoms with Gasteiger partial charge in [-0.25, -0.2) is 4.98 Å². The maximum absolute atomic E-state index is 12.3. The van der Waals surface area contributed by atoms with Gasteiger partial charge in [-0.3, -0.25) is 4.79 Å². The molecule has 0 amide bonds. The van der Waals surface area contributed by atoms with E-state index in [-0.39, 0.29) is 5.56 Å². The van der Waals surface area contributed by atoms with Crippen molar-refractivity contribution in [3.05, 3.63) is 72.7 Å². The molecule has 3 rings (SSSR count). The number of aryl methyl sites for hydroxylation is 3. The first-order valence-electron chi connectivity index (χ1n) is 7.97. The third kappa shape index (κ3) is 3.86. The van der Waals surface area contributed by atoms with Gasteiger partial charge in [-0.2, -0.15) is 5.26 Å². The monoisotopic (exact) mass is 476 g/mol. The van der Waals surface area contributed by atoms with Gasteiger partial charge in [-0.1, -0.05) is 17.8 Å². The molecule has 3 aromatic rings. The highest BCUT2D eigenvalue weighted by Crippen LogP contribution is 2.35. The number of H-pyrrole nitrogens is 1. The fraction of sp³-hybridized carbons (Fsp3) is 0.211. The van der Waals surface area contributed by atoms with Gasteiger partial charge in [0.15, 0.2) is 0 Å². The Morgan fingerprint density at radius 3 is 2.62 bits per heavy atom. The Morgan fingerprint density at radius 2 is 1.96 bits per heavy atom. The molecule has 0 radical (unpaired) electrons. The Morgan fingerprint density at radius 1 is 1.27 bits per heavy atom. The van der Waals surface area contributed by atoms with E-state index in [1.165, 1.54) is 11.1 Å². The van der Waals surface area contributed by atoms with Gasteiger partial charge >= 0.3 is 0 Å². The van der Waals surface area contributed by atoms with E-state index in [4.69, 9.17) is 0 Å². The summed E-state index contributed by atoms with van der Waals surface area (Å²) >= 11 is 3.68. The highest BCUT2D eigenvalue weighted by molar-refractivity contribution is 14.1. The summed E-state index contributed by atoms with van der Waals surface area (Å²) in [5.74, 6) is 0.355. The molecule has 2 heterocycles. The summed E-state index contributed by atoms with van der Waals surface area (Å²) in [5, 5.41) is 9.22. The lowest BCUT2D eigenvalue weighted by Gasteiger charge is -2.15.